The van der Waals surface area contributed by atoms with E-state index in [1.165, 1.54) is 5.56 Å². The van der Waals surface area contributed by atoms with Crippen molar-refractivity contribution < 1.29 is 13.2 Å². The van der Waals surface area contributed by atoms with Gasteiger partial charge in [-0.2, -0.15) is 0 Å². The maximum absolute atomic E-state index is 11.6. The molecule has 5 heteroatoms. The third-order valence-corrected chi connectivity index (χ3v) is 5.02. The zero-order valence-corrected chi connectivity index (χ0v) is 12.1. The van der Waals surface area contributed by atoms with Crippen molar-refractivity contribution in [3.8, 4) is 5.75 Å². The summed E-state index contributed by atoms with van der Waals surface area (Å²) in [6, 6.07) is 5.94. The van der Waals surface area contributed by atoms with Crippen LogP contribution in [0.4, 0.5) is 5.69 Å². The maximum atomic E-state index is 11.6. The van der Waals surface area contributed by atoms with E-state index in [-0.39, 0.29) is 18.1 Å². The van der Waals surface area contributed by atoms with Gasteiger partial charge in [-0.1, -0.05) is 19.1 Å². The van der Waals surface area contributed by atoms with Crippen LogP contribution < -0.4 is 10.1 Å². The predicted molar refractivity (Wildman–Crippen MR) is 77.7 cm³/mol. The number of nitrogens with one attached hydrogen (secondary N) is 1. The first-order valence-electron chi connectivity index (χ1n) is 6.81. The van der Waals surface area contributed by atoms with E-state index in [9.17, 15) is 8.42 Å². The minimum atomic E-state index is -2.97. The second-order valence-corrected chi connectivity index (χ2v) is 7.12. The fourth-order valence-electron chi connectivity index (χ4n) is 2.29. The van der Waals surface area contributed by atoms with Crippen molar-refractivity contribution in [2.45, 2.75) is 26.2 Å². The summed E-state index contributed by atoms with van der Waals surface area (Å²) in [7, 11) is -2.97. The molecule has 0 atom stereocenters. The highest BCUT2D eigenvalue weighted by Gasteiger charge is 2.14. The number of fused-ring (bicyclic) bond motifs is 1. The van der Waals surface area contributed by atoms with Gasteiger partial charge in [-0.15, -0.1) is 0 Å². The predicted octanol–water partition coefficient (Wildman–Crippen LogP) is 2.25. The lowest BCUT2D eigenvalue weighted by atomic mass is 10.0. The molecule has 0 saturated heterocycles. The highest BCUT2D eigenvalue weighted by atomic mass is 32.2. The largest absolute Gasteiger partial charge is 0.490 e. The van der Waals surface area contributed by atoms with E-state index in [1.807, 2.05) is 19.1 Å². The number of hydrogen-bond acceptors (Lipinski definition) is 4. The highest BCUT2D eigenvalue weighted by molar-refractivity contribution is 7.91. The first kappa shape index (κ1) is 14.2. The molecule has 2 rings (SSSR count). The Balaban J connectivity index is 1.97. The molecule has 1 aromatic rings. The van der Waals surface area contributed by atoms with Crippen LogP contribution in [0.3, 0.4) is 0 Å². The van der Waals surface area contributed by atoms with Gasteiger partial charge in [0.25, 0.3) is 0 Å². The topological polar surface area (TPSA) is 55.4 Å². The first-order valence-corrected chi connectivity index (χ1v) is 8.63. The average Bonchev–Trinajstić information content (AvgIpc) is 2.39. The van der Waals surface area contributed by atoms with Crippen LogP contribution in [0.5, 0.6) is 5.75 Å². The summed E-state index contributed by atoms with van der Waals surface area (Å²) in [6.07, 6.45) is 2.83. The molecule has 0 aromatic heterocycles. The van der Waals surface area contributed by atoms with Crippen LogP contribution in [-0.4, -0.2) is 33.1 Å². The second kappa shape index (κ2) is 6.28. The van der Waals surface area contributed by atoms with Crippen molar-refractivity contribution in [3.63, 3.8) is 0 Å². The van der Waals surface area contributed by atoms with E-state index in [1.54, 1.807) is 0 Å². The van der Waals surface area contributed by atoms with Gasteiger partial charge in [-0.05, 0) is 30.9 Å². The van der Waals surface area contributed by atoms with Gasteiger partial charge in [0, 0.05) is 6.54 Å². The second-order valence-electron chi connectivity index (χ2n) is 4.82. The fraction of sp³-hybridized carbons (Fsp3) is 0.571. The van der Waals surface area contributed by atoms with Gasteiger partial charge >= 0.3 is 0 Å². The summed E-state index contributed by atoms with van der Waals surface area (Å²) in [6.45, 7) is 3.04. The Morgan fingerprint density at radius 2 is 2.16 bits per heavy atom. The molecule has 0 amide bonds. The molecule has 0 fully saturated rings. The molecule has 0 radical (unpaired) electrons. The summed E-state index contributed by atoms with van der Waals surface area (Å²) < 4.78 is 28.9. The normalized spacial score (nSPS) is 14.6. The number of anilines is 1. The van der Waals surface area contributed by atoms with Crippen LogP contribution in [0.1, 0.15) is 25.3 Å². The molecule has 0 aliphatic carbocycles. The number of ether oxygens (including phenoxy) is 1. The van der Waals surface area contributed by atoms with Crippen LogP contribution in [0.25, 0.3) is 0 Å². The van der Waals surface area contributed by atoms with Crippen LogP contribution >= 0.6 is 0 Å². The van der Waals surface area contributed by atoms with Gasteiger partial charge in [-0.25, -0.2) is 8.42 Å². The molecule has 0 spiro atoms. The number of rotatable bonds is 6. The fourth-order valence-corrected chi connectivity index (χ4v) is 3.45. The number of para-hydroxylation sites is 1. The zero-order chi connectivity index (χ0) is 13.7. The summed E-state index contributed by atoms with van der Waals surface area (Å²) >= 11 is 0. The molecular weight excluding hydrogens is 262 g/mol. The molecule has 1 aliphatic rings. The molecule has 0 unspecified atom stereocenters. The highest BCUT2D eigenvalue weighted by Crippen LogP contribution is 2.31. The Morgan fingerprint density at radius 3 is 2.95 bits per heavy atom. The molecule has 1 heterocycles. The van der Waals surface area contributed by atoms with E-state index >= 15 is 0 Å². The van der Waals surface area contributed by atoms with Crippen LogP contribution in [0, 0.1) is 0 Å². The molecule has 19 heavy (non-hydrogen) atoms. The minimum Gasteiger partial charge on any atom is -0.490 e. The third kappa shape index (κ3) is 3.86. The summed E-state index contributed by atoms with van der Waals surface area (Å²) in [5.41, 5.74) is 2.28. The molecular formula is C14H21NO3S. The lowest BCUT2D eigenvalue weighted by molar-refractivity contribution is 0.341. The Kier molecular flexibility index (Phi) is 4.69. The van der Waals surface area contributed by atoms with E-state index in [0.717, 1.165) is 30.8 Å². The van der Waals surface area contributed by atoms with Gasteiger partial charge in [0.15, 0.2) is 9.84 Å². The lowest BCUT2D eigenvalue weighted by Crippen LogP contribution is -2.18. The minimum absolute atomic E-state index is 0.0878. The van der Waals surface area contributed by atoms with Crippen LogP contribution in [0.15, 0.2) is 18.2 Å². The lowest BCUT2D eigenvalue weighted by Gasteiger charge is -2.21. The van der Waals surface area contributed by atoms with Gasteiger partial charge < -0.3 is 10.1 Å². The Labute approximate surface area is 115 Å². The van der Waals surface area contributed by atoms with Crippen molar-refractivity contribution in [1.82, 2.24) is 0 Å². The summed E-state index contributed by atoms with van der Waals surface area (Å²) in [5, 5.41) is 3.33. The van der Waals surface area contributed by atoms with Crippen LogP contribution in [0.2, 0.25) is 0 Å². The summed E-state index contributed by atoms with van der Waals surface area (Å²) in [5.74, 6) is 1.09. The van der Waals surface area contributed by atoms with Crippen molar-refractivity contribution in [1.29, 1.82) is 0 Å². The number of sulfone groups is 1. The number of aryl methyl sites for hydroxylation is 1. The molecule has 0 saturated carbocycles. The van der Waals surface area contributed by atoms with E-state index in [2.05, 4.69) is 11.4 Å². The standard InChI is InChI=1S/C14H21NO3S/c1-2-10-19(16,17)11-9-18-13-7-3-5-12-6-4-8-15-14(12)13/h3,5,7,15H,2,4,6,8-11H2,1H3. The van der Waals surface area contributed by atoms with E-state index in [4.69, 9.17) is 4.74 Å². The maximum Gasteiger partial charge on any atom is 0.153 e. The first-order chi connectivity index (χ1) is 9.12. The van der Waals surface area contributed by atoms with E-state index < -0.39 is 9.84 Å². The van der Waals surface area contributed by atoms with Crippen molar-refractivity contribution >= 4 is 15.5 Å². The average molecular weight is 283 g/mol. The smallest absolute Gasteiger partial charge is 0.153 e. The number of hydrogen-bond donors (Lipinski definition) is 1. The molecule has 1 aliphatic heterocycles. The zero-order valence-electron chi connectivity index (χ0n) is 11.3. The quantitative estimate of drug-likeness (QED) is 0.870. The molecule has 106 valence electrons. The summed E-state index contributed by atoms with van der Waals surface area (Å²) in [4.78, 5) is 0. The molecule has 0 bridgehead atoms. The van der Waals surface area contributed by atoms with E-state index in [0.29, 0.717) is 6.42 Å². The van der Waals surface area contributed by atoms with Gasteiger partial charge in [0.2, 0.25) is 0 Å². The Hall–Kier alpha value is -1.23. The monoisotopic (exact) mass is 283 g/mol. The van der Waals surface area contributed by atoms with Gasteiger partial charge in [-0.3, -0.25) is 0 Å². The molecule has 4 nitrogen and oxygen atoms in total. The van der Waals surface area contributed by atoms with Crippen molar-refractivity contribution in [2.75, 3.05) is 30.0 Å². The Morgan fingerprint density at radius 1 is 1.32 bits per heavy atom. The Bertz CT molecular complexity index is 525. The van der Waals surface area contributed by atoms with Crippen LogP contribution in [-0.2, 0) is 16.3 Å². The van der Waals surface area contributed by atoms with Crippen molar-refractivity contribution in [2.24, 2.45) is 0 Å². The van der Waals surface area contributed by atoms with Gasteiger partial charge in [0.1, 0.15) is 12.4 Å². The van der Waals surface area contributed by atoms with Crippen molar-refractivity contribution in [3.05, 3.63) is 23.8 Å². The SMILES string of the molecule is CCCS(=O)(=O)CCOc1cccc2c1NCCC2. The molecule has 1 aromatic carbocycles. The third-order valence-electron chi connectivity index (χ3n) is 3.20. The molecule has 1 N–H and O–H groups in total. The number of benzene rings is 1. The van der Waals surface area contributed by atoms with Gasteiger partial charge in [0.05, 0.1) is 17.2 Å².